The minimum Gasteiger partial charge on any atom is -0.503 e. The van der Waals surface area contributed by atoms with Gasteiger partial charge < -0.3 is 19.5 Å². The molecule has 0 saturated carbocycles. The molecule has 0 spiro atoms. The first-order valence-corrected chi connectivity index (χ1v) is 21.0. The van der Waals surface area contributed by atoms with Gasteiger partial charge in [-0.05, 0) is 74.6 Å². The van der Waals surface area contributed by atoms with Crippen LogP contribution in [0.4, 0.5) is 22.9 Å². The molecule has 0 radical (unpaired) electrons. The fraction of sp³-hybridized carbons (Fsp3) is 0.236. The van der Waals surface area contributed by atoms with Gasteiger partial charge in [0.05, 0.1) is 16.9 Å². The van der Waals surface area contributed by atoms with Gasteiger partial charge in [-0.15, -0.1) is 35.4 Å². The molecule has 3 heterocycles. The Balaban J connectivity index is 0.00000514. The Bertz CT molecular complexity index is 2670. The van der Waals surface area contributed by atoms with E-state index in [1.165, 1.54) is 33.4 Å². The maximum Gasteiger partial charge on any atom is 2.00 e. The number of fused-ring (bicyclic) bond motifs is 2. The van der Waals surface area contributed by atoms with Crippen LogP contribution in [0.1, 0.15) is 90.6 Å². The molecular formula is C55H52N4OPt. The maximum atomic E-state index is 6.84. The van der Waals surface area contributed by atoms with Gasteiger partial charge in [0.2, 0.25) is 0 Å². The molecule has 9 rings (SSSR count). The smallest absolute Gasteiger partial charge is 0.503 e. The monoisotopic (exact) mass is 979 g/mol. The minimum atomic E-state index is -0.610. The standard InChI is InChI=1S/C55H52N4O.Pt/c1-36-30-42(34-44(32-36)60-45-33-37(2)31-43(35-45)58-48-28-17-16-26-46(48)53(5,6)47-27-19-29-56-52(47)58)51-57-55(9,54(7,8)59(51)50-38(3)20-18-21-39(50)4)49(40-22-12-10-13-23-40)41-24-14-11-15-25-41;/h10-33,49H,1-9H3;/q-2;+2/t55-;/m1./s1. The predicted molar refractivity (Wildman–Crippen MR) is 247 cm³/mol. The van der Waals surface area contributed by atoms with Gasteiger partial charge in [0.15, 0.2) is 0 Å². The van der Waals surface area contributed by atoms with Crippen LogP contribution >= 0.6 is 0 Å². The third kappa shape index (κ3) is 7.11. The first-order valence-electron chi connectivity index (χ1n) is 21.0. The third-order valence-electron chi connectivity index (χ3n) is 13.0. The number of hydrogen-bond acceptors (Lipinski definition) is 5. The molecule has 2 aliphatic heterocycles. The van der Waals surface area contributed by atoms with Crippen molar-refractivity contribution in [2.75, 3.05) is 9.80 Å². The summed E-state index contributed by atoms with van der Waals surface area (Å²) in [6.07, 6.45) is 1.87. The predicted octanol–water partition coefficient (Wildman–Crippen LogP) is 13.5. The largest absolute Gasteiger partial charge is 2.00 e. The fourth-order valence-corrected chi connectivity index (χ4v) is 9.75. The van der Waals surface area contributed by atoms with Crippen LogP contribution in [0.5, 0.6) is 11.5 Å². The molecule has 0 saturated heterocycles. The topological polar surface area (TPSA) is 41.0 Å². The molecule has 5 nitrogen and oxygen atoms in total. The molecule has 0 N–H and O–H groups in total. The number of hydrogen-bond donors (Lipinski definition) is 0. The molecule has 7 aromatic rings. The number of anilines is 4. The zero-order chi connectivity index (χ0) is 42.0. The number of ether oxygens (including phenoxy) is 1. The molecule has 0 amide bonds. The molecule has 0 bridgehead atoms. The average molecular weight is 980 g/mol. The van der Waals surface area contributed by atoms with E-state index < -0.39 is 11.1 Å². The van der Waals surface area contributed by atoms with E-state index in [4.69, 9.17) is 14.7 Å². The van der Waals surface area contributed by atoms with Gasteiger partial charge in [0, 0.05) is 46.0 Å². The molecule has 61 heavy (non-hydrogen) atoms. The van der Waals surface area contributed by atoms with Crippen LogP contribution in [0, 0.1) is 39.8 Å². The summed E-state index contributed by atoms with van der Waals surface area (Å²) in [5.74, 6) is 2.95. The minimum absolute atomic E-state index is 0. The summed E-state index contributed by atoms with van der Waals surface area (Å²) in [6.45, 7) is 20.2. The summed E-state index contributed by atoms with van der Waals surface area (Å²) < 4.78 is 6.84. The zero-order valence-corrected chi connectivity index (χ0v) is 38.7. The van der Waals surface area contributed by atoms with E-state index >= 15 is 0 Å². The normalized spacial score (nSPS) is 17.3. The second kappa shape index (κ2) is 15.9. The number of nitrogens with zero attached hydrogens (tertiary/aromatic N) is 4. The van der Waals surface area contributed by atoms with Crippen molar-refractivity contribution in [2.45, 2.75) is 84.7 Å². The Labute approximate surface area is 376 Å². The fourth-order valence-electron chi connectivity index (χ4n) is 9.75. The van der Waals surface area contributed by atoms with Gasteiger partial charge in [-0.2, -0.15) is 5.56 Å². The maximum absolute atomic E-state index is 6.84. The van der Waals surface area contributed by atoms with E-state index in [0.717, 1.165) is 45.4 Å². The van der Waals surface area contributed by atoms with E-state index in [1.807, 2.05) is 18.3 Å². The van der Waals surface area contributed by atoms with Crippen molar-refractivity contribution >= 4 is 28.7 Å². The van der Waals surface area contributed by atoms with Crippen molar-refractivity contribution in [3.8, 4) is 11.5 Å². The number of benzene rings is 6. The van der Waals surface area contributed by atoms with Crippen LogP contribution < -0.4 is 14.5 Å². The van der Waals surface area contributed by atoms with Gasteiger partial charge in [-0.1, -0.05) is 149 Å². The molecular weight excluding hydrogens is 928 g/mol. The molecule has 308 valence electrons. The number of amidine groups is 1. The Kier molecular flexibility index (Phi) is 10.9. The van der Waals surface area contributed by atoms with Crippen LogP contribution in [-0.4, -0.2) is 21.9 Å². The van der Waals surface area contributed by atoms with Crippen molar-refractivity contribution in [3.63, 3.8) is 0 Å². The number of aryl methyl sites for hydroxylation is 4. The van der Waals surface area contributed by atoms with Crippen LogP contribution in [0.25, 0.3) is 0 Å². The van der Waals surface area contributed by atoms with Crippen molar-refractivity contribution < 1.29 is 25.8 Å². The molecule has 0 aliphatic carbocycles. The number of aliphatic imine (C=N–C) groups is 1. The average Bonchev–Trinajstić information content (AvgIpc) is 3.43. The number of rotatable bonds is 8. The second-order valence-corrected chi connectivity index (χ2v) is 17.8. The summed E-state index contributed by atoms with van der Waals surface area (Å²) in [4.78, 5) is 15.5. The van der Waals surface area contributed by atoms with Gasteiger partial charge >= 0.3 is 21.1 Å². The van der Waals surface area contributed by atoms with Gasteiger partial charge in [-0.25, -0.2) is 4.98 Å². The summed E-state index contributed by atoms with van der Waals surface area (Å²) >= 11 is 0. The Hall–Kier alpha value is -5.77. The van der Waals surface area contributed by atoms with Crippen LogP contribution in [0.15, 0.2) is 151 Å². The van der Waals surface area contributed by atoms with Gasteiger partial charge in [0.25, 0.3) is 0 Å². The van der Waals surface area contributed by atoms with Crippen molar-refractivity contribution in [1.82, 2.24) is 4.98 Å². The molecule has 1 atom stereocenters. The first-order chi connectivity index (χ1) is 28.8. The summed E-state index contributed by atoms with van der Waals surface area (Å²) in [6, 6.07) is 56.8. The molecule has 6 aromatic carbocycles. The van der Waals surface area contributed by atoms with Crippen molar-refractivity contribution in [3.05, 3.63) is 208 Å². The molecule has 6 heteroatoms. The van der Waals surface area contributed by atoms with E-state index in [1.54, 1.807) is 0 Å². The van der Waals surface area contributed by atoms with Crippen molar-refractivity contribution in [2.24, 2.45) is 4.99 Å². The van der Waals surface area contributed by atoms with E-state index in [9.17, 15) is 0 Å². The molecule has 2 aliphatic rings. The van der Waals surface area contributed by atoms with Gasteiger partial charge in [0.1, 0.15) is 5.82 Å². The Morgan fingerprint density at radius 2 is 1.18 bits per heavy atom. The van der Waals surface area contributed by atoms with Crippen LogP contribution in [-0.2, 0) is 26.5 Å². The summed E-state index contributed by atoms with van der Waals surface area (Å²) in [5, 5.41) is 0. The molecule has 0 fully saturated rings. The third-order valence-corrected chi connectivity index (χ3v) is 13.0. The quantitative estimate of drug-likeness (QED) is 0.142. The number of aromatic nitrogens is 1. The molecule has 0 unspecified atom stereocenters. The number of para-hydroxylation sites is 2. The van der Waals surface area contributed by atoms with E-state index in [-0.39, 0.29) is 32.4 Å². The van der Waals surface area contributed by atoms with Crippen molar-refractivity contribution in [1.29, 1.82) is 0 Å². The van der Waals surface area contributed by atoms with E-state index in [0.29, 0.717) is 11.5 Å². The summed E-state index contributed by atoms with van der Waals surface area (Å²) in [7, 11) is 0. The molecule has 1 aromatic heterocycles. The Morgan fingerprint density at radius 3 is 1.84 bits per heavy atom. The van der Waals surface area contributed by atoms with Gasteiger partial charge in [-0.3, -0.25) is 0 Å². The van der Waals surface area contributed by atoms with Crippen LogP contribution in [0.3, 0.4) is 0 Å². The van der Waals surface area contributed by atoms with E-state index in [2.05, 4.69) is 212 Å². The zero-order valence-electron chi connectivity index (χ0n) is 36.4. The SMILES string of the molecule is Cc1cc(Oc2[c-]c(N3c4ccccc4C(C)(C)c4cccnc43)cc(C)c2)[c-]c(C2=N[C@](C)(C(c3ccccc3)c3ccccc3)C(C)(C)N2c2c(C)cccc2C)c1.[Pt+2]. The van der Waals surface area contributed by atoms with Crippen LogP contribution in [0.2, 0.25) is 0 Å². The first kappa shape index (κ1) is 41.9. The number of pyridine rings is 1. The second-order valence-electron chi connectivity index (χ2n) is 17.8. The summed E-state index contributed by atoms with van der Waals surface area (Å²) in [5.41, 5.74) is 12.0. The Morgan fingerprint density at radius 1 is 0.607 bits per heavy atom.